The first kappa shape index (κ1) is 10.4. The van der Waals surface area contributed by atoms with Gasteiger partial charge in [0.25, 0.3) is 0 Å². The predicted octanol–water partition coefficient (Wildman–Crippen LogP) is 1.99. The molecule has 0 radical (unpaired) electrons. The highest BCUT2D eigenvalue weighted by Gasteiger charge is 2.11. The van der Waals surface area contributed by atoms with Gasteiger partial charge in [0.2, 0.25) is 0 Å². The highest BCUT2D eigenvalue weighted by molar-refractivity contribution is 5.46. The van der Waals surface area contributed by atoms with Crippen LogP contribution < -0.4 is 5.32 Å². The summed E-state index contributed by atoms with van der Waals surface area (Å²) in [6.45, 7) is 1.89. The number of hydrogen-bond acceptors (Lipinski definition) is 4. The topological polar surface area (TPSA) is 81.2 Å². The number of H-pyrrole nitrogens is 1. The van der Waals surface area contributed by atoms with Crippen LogP contribution in [0.15, 0.2) is 30.6 Å². The Bertz CT molecular complexity index is 468. The lowest BCUT2D eigenvalue weighted by molar-refractivity contribution is 0.451. The number of anilines is 1. The molecule has 5 heteroatoms. The van der Waals surface area contributed by atoms with E-state index in [9.17, 15) is 10.2 Å². The summed E-state index contributed by atoms with van der Waals surface area (Å²) in [6, 6.07) is 4.33. The Morgan fingerprint density at radius 1 is 1.38 bits per heavy atom. The van der Waals surface area contributed by atoms with E-state index >= 15 is 0 Å². The Morgan fingerprint density at radius 3 is 2.88 bits per heavy atom. The third-order valence-electron chi connectivity index (χ3n) is 2.36. The highest BCUT2D eigenvalue weighted by Crippen LogP contribution is 2.29. The summed E-state index contributed by atoms with van der Waals surface area (Å²) in [6.07, 6.45) is 3.37. The van der Waals surface area contributed by atoms with Gasteiger partial charge in [-0.2, -0.15) is 5.10 Å². The lowest BCUT2D eigenvalue weighted by Crippen LogP contribution is -2.06. The van der Waals surface area contributed by atoms with Crippen LogP contribution in [0.4, 0.5) is 5.69 Å². The largest absolute Gasteiger partial charge is 0.508 e. The van der Waals surface area contributed by atoms with Gasteiger partial charge in [0.05, 0.1) is 17.9 Å². The summed E-state index contributed by atoms with van der Waals surface area (Å²) in [7, 11) is 0. The number of hydrogen-bond donors (Lipinski definition) is 4. The molecule has 0 aliphatic rings. The minimum absolute atomic E-state index is 0.121. The molecule has 5 nitrogen and oxygen atoms in total. The van der Waals surface area contributed by atoms with Crippen LogP contribution in [0.3, 0.4) is 0 Å². The lowest BCUT2D eigenvalue weighted by atomic mass is 10.1. The van der Waals surface area contributed by atoms with Crippen molar-refractivity contribution in [3.8, 4) is 11.5 Å². The van der Waals surface area contributed by atoms with Crippen molar-refractivity contribution >= 4 is 5.69 Å². The number of rotatable bonds is 3. The van der Waals surface area contributed by atoms with Gasteiger partial charge in [0.1, 0.15) is 11.5 Å². The van der Waals surface area contributed by atoms with Crippen LogP contribution in [0, 0.1) is 0 Å². The number of aromatic hydroxyl groups is 2. The maximum atomic E-state index is 9.66. The van der Waals surface area contributed by atoms with Gasteiger partial charge in [0.15, 0.2) is 0 Å². The summed E-state index contributed by atoms with van der Waals surface area (Å²) in [5.41, 5.74) is 1.47. The zero-order valence-electron chi connectivity index (χ0n) is 8.81. The molecule has 0 fully saturated rings. The number of phenols is 2. The van der Waals surface area contributed by atoms with Crippen molar-refractivity contribution in [3.05, 3.63) is 36.2 Å². The summed E-state index contributed by atoms with van der Waals surface area (Å²) in [4.78, 5) is 0. The normalized spacial score (nSPS) is 12.3. The SMILES string of the molecule is CC(Nc1cn[nH]c1)c1cc(O)ccc1O. The molecule has 2 aromatic rings. The third kappa shape index (κ3) is 2.08. The van der Waals surface area contributed by atoms with Crippen molar-refractivity contribution in [2.24, 2.45) is 0 Å². The Hall–Kier alpha value is -2.17. The zero-order chi connectivity index (χ0) is 11.5. The smallest absolute Gasteiger partial charge is 0.121 e. The first-order valence-corrected chi connectivity index (χ1v) is 4.94. The van der Waals surface area contributed by atoms with Gasteiger partial charge >= 0.3 is 0 Å². The van der Waals surface area contributed by atoms with Crippen LogP contribution in [0.1, 0.15) is 18.5 Å². The molecule has 0 spiro atoms. The molecule has 2 rings (SSSR count). The maximum absolute atomic E-state index is 9.66. The molecule has 1 aromatic carbocycles. The van der Waals surface area contributed by atoms with Gasteiger partial charge in [-0.25, -0.2) is 0 Å². The number of aromatic amines is 1. The fourth-order valence-corrected chi connectivity index (χ4v) is 1.55. The monoisotopic (exact) mass is 219 g/mol. The molecule has 84 valence electrons. The van der Waals surface area contributed by atoms with E-state index in [0.717, 1.165) is 5.69 Å². The van der Waals surface area contributed by atoms with Crippen LogP contribution in [-0.4, -0.2) is 20.4 Å². The minimum atomic E-state index is -0.121. The quantitative estimate of drug-likeness (QED) is 0.595. The van der Waals surface area contributed by atoms with Crippen molar-refractivity contribution in [1.29, 1.82) is 0 Å². The van der Waals surface area contributed by atoms with Crippen molar-refractivity contribution in [2.45, 2.75) is 13.0 Å². The molecule has 0 saturated heterocycles. The molecule has 16 heavy (non-hydrogen) atoms. The number of phenolic OH excluding ortho intramolecular Hbond substituents is 2. The highest BCUT2D eigenvalue weighted by atomic mass is 16.3. The Balaban J connectivity index is 2.20. The summed E-state index contributed by atoms with van der Waals surface area (Å²) in [5.74, 6) is 0.287. The zero-order valence-corrected chi connectivity index (χ0v) is 8.81. The van der Waals surface area contributed by atoms with Crippen LogP contribution in [0.5, 0.6) is 11.5 Å². The van der Waals surface area contributed by atoms with Gasteiger partial charge in [-0.05, 0) is 25.1 Å². The minimum Gasteiger partial charge on any atom is -0.508 e. The van der Waals surface area contributed by atoms with E-state index in [4.69, 9.17) is 0 Å². The van der Waals surface area contributed by atoms with E-state index in [1.807, 2.05) is 6.92 Å². The molecular formula is C11H13N3O2. The molecule has 0 amide bonds. The molecule has 1 aromatic heterocycles. The molecular weight excluding hydrogens is 206 g/mol. The number of aromatic nitrogens is 2. The predicted molar refractivity (Wildman–Crippen MR) is 60.4 cm³/mol. The van der Waals surface area contributed by atoms with Gasteiger partial charge < -0.3 is 15.5 Å². The van der Waals surface area contributed by atoms with Crippen LogP contribution in [0.25, 0.3) is 0 Å². The van der Waals surface area contributed by atoms with Gasteiger partial charge in [0, 0.05) is 11.8 Å². The summed E-state index contributed by atoms with van der Waals surface area (Å²) in [5, 5.41) is 28.7. The second kappa shape index (κ2) is 4.14. The first-order valence-electron chi connectivity index (χ1n) is 4.94. The Kier molecular flexibility index (Phi) is 2.68. The summed E-state index contributed by atoms with van der Waals surface area (Å²) < 4.78 is 0. The second-order valence-electron chi connectivity index (χ2n) is 3.60. The van der Waals surface area contributed by atoms with E-state index in [-0.39, 0.29) is 17.5 Å². The molecule has 1 atom stereocenters. The molecule has 4 N–H and O–H groups in total. The third-order valence-corrected chi connectivity index (χ3v) is 2.36. The van der Waals surface area contributed by atoms with E-state index in [1.54, 1.807) is 12.4 Å². The average molecular weight is 219 g/mol. The van der Waals surface area contributed by atoms with Gasteiger partial charge in [-0.3, -0.25) is 5.10 Å². The van der Waals surface area contributed by atoms with Crippen molar-refractivity contribution in [2.75, 3.05) is 5.32 Å². The van der Waals surface area contributed by atoms with E-state index < -0.39 is 0 Å². The Morgan fingerprint density at radius 2 is 2.19 bits per heavy atom. The molecule has 0 saturated carbocycles. The number of nitrogens with zero attached hydrogens (tertiary/aromatic N) is 1. The van der Waals surface area contributed by atoms with Gasteiger partial charge in [-0.1, -0.05) is 0 Å². The van der Waals surface area contributed by atoms with Crippen LogP contribution in [-0.2, 0) is 0 Å². The van der Waals surface area contributed by atoms with Crippen molar-refractivity contribution < 1.29 is 10.2 Å². The van der Waals surface area contributed by atoms with Crippen molar-refractivity contribution in [3.63, 3.8) is 0 Å². The van der Waals surface area contributed by atoms with E-state index in [1.165, 1.54) is 18.2 Å². The van der Waals surface area contributed by atoms with Gasteiger partial charge in [-0.15, -0.1) is 0 Å². The van der Waals surface area contributed by atoms with E-state index in [2.05, 4.69) is 15.5 Å². The fraction of sp³-hybridized carbons (Fsp3) is 0.182. The fourth-order valence-electron chi connectivity index (χ4n) is 1.55. The Labute approximate surface area is 92.8 Å². The lowest BCUT2D eigenvalue weighted by Gasteiger charge is -2.15. The standard InChI is InChI=1S/C11H13N3O2/c1-7(14-8-5-12-13-6-8)10-4-9(15)2-3-11(10)16/h2-7,14-16H,1H3,(H,12,13). The molecule has 0 aliphatic heterocycles. The molecule has 1 heterocycles. The molecule has 0 aliphatic carbocycles. The molecule has 1 unspecified atom stereocenters. The second-order valence-corrected chi connectivity index (χ2v) is 3.60. The molecule has 0 bridgehead atoms. The number of nitrogens with one attached hydrogen (secondary N) is 2. The van der Waals surface area contributed by atoms with Crippen LogP contribution >= 0.6 is 0 Å². The van der Waals surface area contributed by atoms with Crippen LogP contribution in [0.2, 0.25) is 0 Å². The number of benzene rings is 1. The summed E-state index contributed by atoms with van der Waals surface area (Å²) >= 11 is 0. The first-order chi connectivity index (χ1) is 7.66. The van der Waals surface area contributed by atoms with E-state index in [0.29, 0.717) is 5.56 Å². The van der Waals surface area contributed by atoms with Crippen molar-refractivity contribution in [1.82, 2.24) is 10.2 Å². The average Bonchev–Trinajstić information content (AvgIpc) is 2.74. The maximum Gasteiger partial charge on any atom is 0.121 e.